The number of H-pyrrole nitrogens is 1. The molecule has 150 valence electrons. The highest BCUT2D eigenvalue weighted by Gasteiger charge is 2.32. The first kappa shape index (κ1) is 21.2. The lowest BCUT2D eigenvalue weighted by Gasteiger charge is -2.38. The number of hydrogen-bond acceptors (Lipinski definition) is 7. The number of rotatable bonds is 6. The Hall–Kier alpha value is -2.10. The predicted molar refractivity (Wildman–Crippen MR) is 101 cm³/mol. The third kappa shape index (κ3) is 5.21. The van der Waals surface area contributed by atoms with Crippen LogP contribution in [0.3, 0.4) is 0 Å². The van der Waals surface area contributed by atoms with E-state index < -0.39 is 11.5 Å². The number of amides is 1. The normalized spacial score (nSPS) is 21.5. The minimum absolute atomic E-state index is 0.0148. The van der Waals surface area contributed by atoms with Crippen molar-refractivity contribution in [1.29, 1.82) is 0 Å². The van der Waals surface area contributed by atoms with Crippen molar-refractivity contribution in [3.63, 3.8) is 0 Å². The number of nitrogens with zero attached hydrogens (tertiary/aromatic N) is 1. The fraction of sp³-hybridized carbons (Fsp3) is 0.588. The first-order valence-corrected chi connectivity index (χ1v) is 8.96. The molecule has 1 aliphatic rings. The number of nitrogen functional groups attached to an aromatic ring is 1. The van der Waals surface area contributed by atoms with E-state index in [0.717, 1.165) is 0 Å². The SMILES string of the molecule is COC(=O)[C@H](C)CN1CC[C@H](NC(=O)c2cc(Cl)c(N)[nH]c2=O)[C@H](OC)C1. The molecule has 4 N–H and O–H groups in total. The molecule has 2 heterocycles. The van der Waals surface area contributed by atoms with Gasteiger partial charge in [0.25, 0.3) is 11.5 Å². The number of aromatic amines is 1. The molecule has 2 rings (SSSR count). The molecule has 1 saturated heterocycles. The van der Waals surface area contributed by atoms with Crippen molar-refractivity contribution < 1.29 is 19.1 Å². The molecule has 0 aliphatic carbocycles. The van der Waals surface area contributed by atoms with Crippen LogP contribution in [0, 0.1) is 5.92 Å². The molecule has 0 aromatic carbocycles. The van der Waals surface area contributed by atoms with Gasteiger partial charge in [0.05, 0.1) is 30.2 Å². The third-order valence-corrected chi connectivity index (χ3v) is 4.98. The van der Waals surface area contributed by atoms with Crippen LogP contribution in [0.5, 0.6) is 0 Å². The molecule has 27 heavy (non-hydrogen) atoms. The molecule has 3 atom stereocenters. The number of esters is 1. The number of piperidine rings is 1. The fourth-order valence-electron chi connectivity index (χ4n) is 3.15. The zero-order valence-corrected chi connectivity index (χ0v) is 16.3. The van der Waals surface area contributed by atoms with E-state index in [9.17, 15) is 14.4 Å². The predicted octanol–water partition coefficient (Wildman–Crippen LogP) is 0.239. The summed E-state index contributed by atoms with van der Waals surface area (Å²) in [5.41, 5.74) is 4.82. The van der Waals surface area contributed by atoms with Gasteiger partial charge in [-0.05, 0) is 12.5 Å². The molecule has 1 aromatic rings. The van der Waals surface area contributed by atoms with Crippen molar-refractivity contribution in [1.82, 2.24) is 15.2 Å². The number of anilines is 1. The Balaban J connectivity index is 2.02. The lowest BCUT2D eigenvalue weighted by Crippen LogP contribution is -2.56. The maximum absolute atomic E-state index is 12.5. The van der Waals surface area contributed by atoms with E-state index in [1.807, 2.05) is 0 Å². The van der Waals surface area contributed by atoms with Crippen LogP contribution in [0.25, 0.3) is 0 Å². The van der Waals surface area contributed by atoms with E-state index in [1.54, 1.807) is 14.0 Å². The summed E-state index contributed by atoms with van der Waals surface area (Å²) in [5, 5.41) is 2.94. The van der Waals surface area contributed by atoms with Gasteiger partial charge >= 0.3 is 5.97 Å². The number of methoxy groups -OCH3 is 2. The number of carbonyl (C=O) groups excluding carboxylic acids is 2. The molecule has 1 aromatic heterocycles. The number of hydrogen-bond donors (Lipinski definition) is 3. The molecule has 9 nitrogen and oxygen atoms in total. The van der Waals surface area contributed by atoms with Crippen LogP contribution in [0.2, 0.25) is 5.02 Å². The van der Waals surface area contributed by atoms with E-state index in [0.29, 0.717) is 26.1 Å². The molecule has 0 spiro atoms. The molecule has 1 amide bonds. The van der Waals surface area contributed by atoms with Crippen molar-refractivity contribution in [3.05, 3.63) is 27.0 Å². The largest absolute Gasteiger partial charge is 0.469 e. The van der Waals surface area contributed by atoms with E-state index in [2.05, 4.69) is 15.2 Å². The highest BCUT2D eigenvalue weighted by molar-refractivity contribution is 6.33. The third-order valence-electron chi connectivity index (χ3n) is 4.66. The van der Waals surface area contributed by atoms with E-state index in [1.165, 1.54) is 13.2 Å². The van der Waals surface area contributed by atoms with Gasteiger partial charge in [0, 0.05) is 26.7 Å². The van der Waals surface area contributed by atoms with Gasteiger partial charge in [0.15, 0.2) is 0 Å². The Morgan fingerprint density at radius 3 is 2.81 bits per heavy atom. The van der Waals surface area contributed by atoms with Gasteiger partial charge in [-0.25, -0.2) is 0 Å². The van der Waals surface area contributed by atoms with E-state index >= 15 is 0 Å². The number of nitrogens with two attached hydrogens (primary N) is 1. The minimum Gasteiger partial charge on any atom is -0.469 e. The molecule has 1 fully saturated rings. The monoisotopic (exact) mass is 400 g/mol. The second-order valence-corrected chi connectivity index (χ2v) is 7.01. The van der Waals surface area contributed by atoms with Crippen molar-refractivity contribution in [2.75, 3.05) is 39.6 Å². The van der Waals surface area contributed by atoms with E-state index in [-0.39, 0.29) is 40.4 Å². The zero-order chi connectivity index (χ0) is 20.1. The van der Waals surface area contributed by atoms with Crippen LogP contribution in [0.15, 0.2) is 10.9 Å². The Bertz CT molecular complexity index is 753. The second-order valence-electron chi connectivity index (χ2n) is 6.60. The Labute approximate surface area is 162 Å². The van der Waals surface area contributed by atoms with E-state index in [4.69, 9.17) is 26.8 Å². The topological polar surface area (TPSA) is 127 Å². The Kier molecular flexibility index (Phi) is 7.23. The molecule has 1 aliphatic heterocycles. The summed E-state index contributed by atoms with van der Waals surface area (Å²) in [6.45, 7) is 3.56. The summed E-state index contributed by atoms with van der Waals surface area (Å²) in [5.74, 6) is -1.05. The Morgan fingerprint density at radius 2 is 2.19 bits per heavy atom. The molecular weight excluding hydrogens is 376 g/mol. The first-order valence-electron chi connectivity index (χ1n) is 8.59. The minimum atomic E-state index is -0.604. The highest BCUT2D eigenvalue weighted by Crippen LogP contribution is 2.18. The fourth-order valence-corrected chi connectivity index (χ4v) is 3.30. The number of nitrogens with one attached hydrogen (secondary N) is 2. The second kappa shape index (κ2) is 9.20. The van der Waals surface area contributed by atoms with Crippen LogP contribution in [0.4, 0.5) is 5.82 Å². The summed E-state index contributed by atoms with van der Waals surface area (Å²) in [7, 11) is 2.92. The average Bonchev–Trinajstić information content (AvgIpc) is 2.64. The molecule has 0 radical (unpaired) electrons. The summed E-state index contributed by atoms with van der Waals surface area (Å²) >= 11 is 5.89. The number of aromatic nitrogens is 1. The molecule has 0 unspecified atom stereocenters. The number of pyridine rings is 1. The summed E-state index contributed by atoms with van der Waals surface area (Å²) in [6, 6.07) is 0.975. The average molecular weight is 401 g/mol. The first-order chi connectivity index (χ1) is 12.8. The molecule has 10 heteroatoms. The molecular formula is C17H25ClN4O5. The van der Waals surface area contributed by atoms with Gasteiger partial charge in [-0.2, -0.15) is 0 Å². The zero-order valence-electron chi connectivity index (χ0n) is 15.6. The lowest BCUT2D eigenvalue weighted by atomic mass is 9.99. The number of carbonyl (C=O) groups is 2. The maximum Gasteiger partial charge on any atom is 0.309 e. The van der Waals surface area contributed by atoms with Gasteiger partial charge in [0.1, 0.15) is 11.4 Å². The summed E-state index contributed by atoms with van der Waals surface area (Å²) in [6.07, 6.45) is 0.328. The van der Waals surface area contributed by atoms with Crippen LogP contribution >= 0.6 is 11.6 Å². The summed E-state index contributed by atoms with van der Waals surface area (Å²) in [4.78, 5) is 40.5. The highest BCUT2D eigenvalue weighted by atomic mass is 35.5. The van der Waals surface area contributed by atoms with Gasteiger partial charge in [-0.3, -0.25) is 19.3 Å². The van der Waals surface area contributed by atoms with Crippen molar-refractivity contribution in [2.24, 2.45) is 5.92 Å². The van der Waals surface area contributed by atoms with Gasteiger partial charge < -0.3 is 25.5 Å². The lowest BCUT2D eigenvalue weighted by molar-refractivity contribution is -0.145. The summed E-state index contributed by atoms with van der Waals surface area (Å²) < 4.78 is 10.3. The van der Waals surface area contributed by atoms with Crippen LogP contribution in [0.1, 0.15) is 23.7 Å². The standard InChI is InChI=1S/C17H25ClN4O5/c1-9(17(25)27-3)7-22-5-4-12(13(8-22)26-2)20-15(23)10-6-11(18)14(19)21-16(10)24/h6,9,12-13H,4-5,7-8H2,1-3H3,(H,20,23)(H3,19,21,24)/t9-,12+,13-/m1/s1. The van der Waals surface area contributed by atoms with Gasteiger partial charge in [-0.1, -0.05) is 18.5 Å². The van der Waals surface area contributed by atoms with Gasteiger partial charge in [0.2, 0.25) is 0 Å². The van der Waals surface area contributed by atoms with Crippen LogP contribution < -0.4 is 16.6 Å². The number of likely N-dealkylation sites (tertiary alicyclic amines) is 1. The van der Waals surface area contributed by atoms with Crippen LogP contribution in [-0.4, -0.2) is 67.8 Å². The smallest absolute Gasteiger partial charge is 0.309 e. The van der Waals surface area contributed by atoms with Crippen molar-refractivity contribution in [3.8, 4) is 0 Å². The Morgan fingerprint density at radius 1 is 1.48 bits per heavy atom. The number of ether oxygens (including phenoxy) is 2. The van der Waals surface area contributed by atoms with Crippen molar-refractivity contribution in [2.45, 2.75) is 25.5 Å². The number of halogens is 1. The maximum atomic E-state index is 12.5. The van der Waals surface area contributed by atoms with Crippen molar-refractivity contribution >= 4 is 29.3 Å². The molecule has 0 bridgehead atoms. The quantitative estimate of drug-likeness (QED) is 0.583. The van der Waals surface area contributed by atoms with Crippen LogP contribution in [-0.2, 0) is 14.3 Å². The van der Waals surface area contributed by atoms with Gasteiger partial charge in [-0.15, -0.1) is 0 Å². The molecule has 0 saturated carbocycles.